The normalized spacial score (nSPS) is 15.5. The lowest BCUT2D eigenvalue weighted by molar-refractivity contribution is 0.287. The van der Waals surface area contributed by atoms with E-state index in [1.165, 1.54) is 37.7 Å². The van der Waals surface area contributed by atoms with Gasteiger partial charge in [0.15, 0.2) is 0 Å². The Morgan fingerprint density at radius 3 is 2.94 bits per heavy atom. The summed E-state index contributed by atoms with van der Waals surface area (Å²) < 4.78 is 5.61. The number of unbranched alkanes of at least 4 members (excludes halogenated alkanes) is 2. The number of hydrogen-bond donors (Lipinski definition) is 1. The quantitative estimate of drug-likeness (QED) is 0.682. The second-order valence-corrected chi connectivity index (χ2v) is 5.47. The highest BCUT2D eigenvalue weighted by Crippen LogP contribution is 2.20. The van der Waals surface area contributed by atoms with Gasteiger partial charge in [-0.25, -0.2) is 0 Å². The Bertz CT molecular complexity index is 344. The SMILES string of the molecule is CCCCCN(C)Cc1occc1CNC1CC1. The summed E-state index contributed by atoms with van der Waals surface area (Å²) in [7, 11) is 2.18. The molecule has 18 heavy (non-hydrogen) atoms. The predicted octanol–water partition coefficient (Wildman–Crippen LogP) is 3.15. The third kappa shape index (κ3) is 4.46. The molecule has 1 saturated carbocycles. The lowest BCUT2D eigenvalue weighted by atomic mass is 10.2. The molecule has 102 valence electrons. The van der Waals surface area contributed by atoms with Crippen molar-refractivity contribution in [1.29, 1.82) is 0 Å². The van der Waals surface area contributed by atoms with E-state index in [9.17, 15) is 0 Å². The van der Waals surface area contributed by atoms with Gasteiger partial charge in [-0.2, -0.15) is 0 Å². The Morgan fingerprint density at radius 1 is 1.39 bits per heavy atom. The molecule has 1 N–H and O–H groups in total. The highest BCUT2D eigenvalue weighted by molar-refractivity contribution is 5.17. The summed E-state index contributed by atoms with van der Waals surface area (Å²) in [6, 6.07) is 2.86. The van der Waals surface area contributed by atoms with E-state index in [-0.39, 0.29) is 0 Å². The fourth-order valence-electron chi connectivity index (χ4n) is 2.16. The van der Waals surface area contributed by atoms with Crippen LogP contribution in [-0.2, 0) is 13.1 Å². The molecule has 1 aromatic heterocycles. The maximum atomic E-state index is 5.61. The minimum atomic E-state index is 0.759. The molecular weight excluding hydrogens is 224 g/mol. The van der Waals surface area contributed by atoms with Crippen molar-refractivity contribution >= 4 is 0 Å². The summed E-state index contributed by atoms with van der Waals surface area (Å²) in [4.78, 5) is 2.36. The van der Waals surface area contributed by atoms with E-state index in [1.807, 2.05) is 6.26 Å². The Labute approximate surface area is 111 Å². The largest absolute Gasteiger partial charge is 0.468 e. The molecule has 3 nitrogen and oxygen atoms in total. The highest BCUT2D eigenvalue weighted by atomic mass is 16.3. The monoisotopic (exact) mass is 250 g/mol. The minimum Gasteiger partial charge on any atom is -0.468 e. The van der Waals surface area contributed by atoms with Crippen molar-refractivity contribution in [3.05, 3.63) is 23.7 Å². The molecule has 0 spiro atoms. The molecule has 1 aromatic rings. The van der Waals surface area contributed by atoms with Crippen LogP contribution in [0, 0.1) is 0 Å². The fraction of sp³-hybridized carbons (Fsp3) is 0.733. The zero-order valence-electron chi connectivity index (χ0n) is 11.7. The first-order valence-corrected chi connectivity index (χ1v) is 7.26. The van der Waals surface area contributed by atoms with E-state index in [4.69, 9.17) is 4.42 Å². The zero-order valence-corrected chi connectivity index (χ0v) is 11.7. The van der Waals surface area contributed by atoms with E-state index < -0.39 is 0 Å². The van der Waals surface area contributed by atoms with Crippen molar-refractivity contribution in [2.24, 2.45) is 0 Å². The summed E-state index contributed by atoms with van der Waals surface area (Å²) in [5.41, 5.74) is 1.32. The second kappa shape index (κ2) is 6.95. The predicted molar refractivity (Wildman–Crippen MR) is 74.4 cm³/mol. The summed E-state index contributed by atoms with van der Waals surface area (Å²) in [5.74, 6) is 1.13. The summed E-state index contributed by atoms with van der Waals surface area (Å²) in [5, 5.41) is 3.55. The first-order valence-electron chi connectivity index (χ1n) is 7.26. The molecule has 0 atom stereocenters. The standard InChI is InChI=1S/C15H26N2O/c1-3-4-5-9-17(2)12-15-13(8-10-18-15)11-16-14-6-7-14/h8,10,14,16H,3-7,9,11-12H2,1-2H3. The van der Waals surface area contributed by atoms with Gasteiger partial charge in [-0.1, -0.05) is 19.8 Å². The molecule has 0 aromatic carbocycles. The van der Waals surface area contributed by atoms with Gasteiger partial charge in [0.2, 0.25) is 0 Å². The van der Waals surface area contributed by atoms with Crippen molar-refractivity contribution in [3.8, 4) is 0 Å². The fourth-order valence-corrected chi connectivity index (χ4v) is 2.16. The lowest BCUT2D eigenvalue weighted by Gasteiger charge is -2.15. The molecule has 0 bridgehead atoms. The van der Waals surface area contributed by atoms with Gasteiger partial charge in [0.1, 0.15) is 5.76 Å². The molecule has 3 heteroatoms. The van der Waals surface area contributed by atoms with Crippen molar-refractivity contribution in [2.75, 3.05) is 13.6 Å². The number of furan rings is 1. The Morgan fingerprint density at radius 2 is 2.22 bits per heavy atom. The molecule has 0 aliphatic heterocycles. The molecule has 0 saturated heterocycles. The number of rotatable bonds is 9. The van der Waals surface area contributed by atoms with Gasteiger partial charge in [0.05, 0.1) is 12.8 Å². The maximum absolute atomic E-state index is 5.61. The summed E-state index contributed by atoms with van der Waals surface area (Å²) in [6.45, 7) is 5.29. The van der Waals surface area contributed by atoms with Crippen molar-refractivity contribution in [2.45, 2.75) is 58.2 Å². The average Bonchev–Trinajstić information content (AvgIpc) is 3.08. The van der Waals surface area contributed by atoms with Crippen LogP contribution in [0.5, 0.6) is 0 Å². The highest BCUT2D eigenvalue weighted by Gasteiger charge is 2.21. The van der Waals surface area contributed by atoms with Gasteiger partial charge in [-0.15, -0.1) is 0 Å². The van der Waals surface area contributed by atoms with E-state index in [0.717, 1.165) is 31.4 Å². The summed E-state index contributed by atoms with van der Waals surface area (Å²) >= 11 is 0. The van der Waals surface area contributed by atoms with Gasteiger partial charge >= 0.3 is 0 Å². The third-order valence-corrected chi connectivity index (χ3v) is 3.55. The van der Waals surface area contributed by atoms with Gasteiger partial charge in [0, 0.05) is 18.2 Å². The van der Waals surface area contributed by atoms with Gasteiger partial charge in [-0.05, 0) is 38.9 Å². The van der Waals surface area contributed by atoms with E-state index >= 15 is 0 Å². The van der Waals surface area contributed by atoms with E-state index in [1.54, 1.807) is 0 Å². The number of nitrogens with one attached hydrogen (secondary N) is 1. The first kappa shape index (κ1) is 13.6. The smallest absolute Gasteiger partial charge is 0.122 e. The van der Waals surface area contributed by atoms with Crippen LogP contribution in [0.1, 0.15) is 50.4 Å². The zero-order chi connectivity index (χ0) is 12.8. The Hall–Kier alpha value is -0.800. The van der Waals surface area contributed by atoms with Crippen molar-refractivity contribution in [3.63, 3.8) is 0 Å². The molecule has 1 aliphatic rings. The van der Waals surface area contributed by atoms with Crippen LogP contribution >= 0.6 is 0 Å². The van der Waals surface area contributed by atoms with Crippen LogP contribution < -0.4 is 5.32 Å². The van der Waals surface area contributed by atoms with Gasteiger partial charge in [-0.3, -0.25) is 4.90 Å². The van der Waals surface area contributed by atoms with Crippen molar-refractivity contribution < 1.29 is 4.42 Å². The van der Waals surface area contributed by atoms with Crippen LogP contribution in [0.25, 0.3) is 0 Å². The van der Waals surface area contributed by atoms with Crippen molar-refractivity contribution in [1.82, 2.24) is 10.2 Å². The number of nitrogens with zero attached hydrogens (tertiary/aromatic N) is 1. The van der Waals surface area contributed by atoms with Crippen LogP contribution in [0.4, 0.5) is 0 Å². The molecular formula is C15H26N2O. The molecule has 1 aliphatic carbocycles. The molecule has 0 radical (unpaired) electrons. The molecule has 0 unspecified atom stereocenters. The number of hydrogen-bond acceptors (Lipinski definition) is 3. The topological polar surface area (TPSA) is 28.4 Å². The first-order chi connectivity index (χ1) is 8.79. The molecule has 2 rings (SSSR count). The van der Waals surface area contributed by atoms with E-state index in [0.29, 0.717) is 0 Å². The lowest BCUT2D eigenvalue weighted by Crippen LogP contribution is -2.21. The third-order valence-electron chi connectivity index (χ3n) is 3.55. The molecule has 0 amide bonds. The van der Waals surface area contributed by atoms with Gasteiger partial charge in [0.25, 0.3) is 0 Å². The maximum Gasteiger partial charge on any atom is 0.122 e. The van der Waals surface area contributed by atoms with E-state index in [2.05, 4.69) is 30.3 Å². The summed E-state index contributed by atoms with van der Waals surface area (Å²) in [6.07, 6.45) is 8.38. The van der Waals surface area contributed by atoms with Gasteiger partial charge < -0.3 is 9.73 Å². The second-order valence-electron chi connectivity index (χ2n) is 5.47. The molecule has 1 fully saturated rings. The average molecular weight is 250 g/mol. The van der Waals surface area contributed by atoms with Crippen LogP contribution in [0.3, 0.4) is 0 Å². The minimum absolute atomic E-state index is 0.759. The molecule has 1 heterocycles. The van der Waals surface area contributed by atoms with Crippen LogP contribution in [0.2, 0.25) is 0 Å². The van der Waals surface area contributed by atoms with Crippen LogP contribution in [0.15, 0.2) is 16.7 Å². The Kier molecular flexibility index (Phi) is 5.26. The Balaban J connectivity index is 1.74. The van der Waals surface area contributed by atoms with Crippen LogP contribution in [-0.4, -0.2) is 24.5 Å².